The third kappa shape index (κ3) is 3.93. The van der Waals surface area contributed by atoms with Crippen molar-refractivity contribution in [3.63, 3.8) is 0 Å². The molecule has 0 bridgehead atoms. The van der Waals surface area contributed by atoms with E-state index in [2.05, 4.69) is 10.4 Å². The Morgan fingerprint density at radius 3 is 2.38 bits per heavy atom. The van der Waals surface area contributed by atoms with E-state index < -0.39 is 23.6 Å². The number of benzene rings is 1. The Kier molecular flexibility index (Phi) is 5.58. The molecule has 1 atom stereocenters. The molecule has 9 heteroatoms. The van der Waals surface area contributed by atoms with Crippen molar-refractivity contribution in [1.82, 2.24) is 15.1 Å². The Morgan fingerprint density at radius 2 is 1.88 bits per heavy atom. The van der Waals surface area contributed by atoms with Gasteiger partial charge >= 0.3 is 0 Å². The van der Waals surface area contributed by atoms with Crippen LogP contribution in [0.15, 0.2) is 30.3 Å². The molecule has 2 aromatic rings. The van der Waals surface area contributed by atoms with Gasteiger partial charge in [0, 0.05) is 13.5 Å². The van der Waals surface area contributed by atoms with Crippen LogP contribution in [0.25, 0.3) is 0 Å². The lowest BCUT2D eigenvalue weighted by Gasteiger charge is -2.16. The van der Waals surface area contributed by atoms with Crippen LogP contribution in [-0.4, -0.2) is 33.4 Å². The molecule has 1 unspecified atom stereocenters. The lowest BCUT2D eigenvalue weighted by atomic mass is 10.0. The van der Waals surface area contributed by atoms with Gasteiger partial charge in [-0.2, -0.15) is 5.10 Å². The quantitative estimate of drug-likeness (QED) is 0.744. The lowest BCUT2D eigenvalue weighted by Crippen LogP contribution is -2.47. The Morgan fingerprint density at radius 1 is 1.25 bits per heavy atom. The highest BCUT2D eigenvalue weighted by Crippen LogP contribution is 2.23. The number of nitrogens with one attached hydrogen (secondary N) is 1. The van der Waals surface area contributed by atoms with E-state index in [4.69, 9.17) is 28.9 Å². The second kappa shape index (κ2) is 7.46. The molecule has 1 heterocycles. The predicted molar refractivity (Wildman–Crippen MR) is 88.8 cm³/mol. The normalized spacial score (nSPS) is 11.8. The summed E-state index contributed by atoms with van der Waals surface area (Å²) in [5, 5.41) is 6.17. The minimum atomic E-state index is -1.14. The number of primary amides is 1. The predicted octanol–water partition coefficient (Wildman–Crippen LogP) is 1.12. The molecule has 0 aliphatic heterocycles. The topological polar surface area (TPSA) is 107 Å². The molecule has 0 saturated carbocycles. The number of ketones is 1. The molecular formula is C15H14Cl2N4O3. The molecule has 24 heavy (non-hydrogen) atoms. The molecular weight excluding hydrogens is 355 g/mol. The van der Waals surface area contributed by atoms with Crippen LogP contribution in [0.1, 0.15) is 15.9 Å². The molecule has 0 fully saturated rings. The first kappa shape index (κ1) is 18.0. The van der Waals surface area contributed by atoms with Gasteiger partial charge in [-0.05, 0) is 5.56 Å². The van der Waals surface area contributed by atoms with E-state index in [-0.39, 0.29) is 22.3 Å². The van der Waals surface area contributed by atoms with Gasteiger partial charge in [0.1, 0.15) is 16.8 Å². The maximum atomic E-state index is 12.4. The molecule has 0 spiro atoms. The fourth-order valence-electron chi connectivity index (χ4n) is 2.12. The molecule has 2 rings (SSSR count). The fourth-order valence-corrected chi connectivity index (χ4v) is 2.67. The Bertz CT molecular complexity index is 790. The second-order valence-electron chi connectivity index (χ2n) is 5.02. The average molecular weight is 369 g/mol. The van der Waals surface area contributed by atoms with Gasteiger partial charge in [-0.25, -0.2) is 0 Å². The molecule has 7 nitrogen and oxygen atoms in total. The zero-order valence-electron chi connectivity index (χ0n) is 12.6. The van der Waals surface area contributed by atoms with Crippen LogP contribution in [0, 0.1) is 0 Å². The SMILES string of the molecule is Cn1nc(Cl)c(C(=O)NC(Cc2ccccc2)C(=O)C(N)=O)c1Cl. The lowest BCUT2D eigenvalue weighted by molar-refractivity contribution is -0.137. The molecule has 126 valence electrons. The van der Waals surface area contributed by atoms with Gasteiger partial charge in [-0.1, -0.05) is 53.5 Å². The van der Waals surface area contributed by atoms with Gasteiger partial charge in [0.05, 0.1) is 0 Å². The number of aryl methyl sites for hydroxylation is 1. The van der Waals surface area contributed by atoms with Crippen LogP contribution in [0.3, 0.4) is 0 Å². The number of Topliss-reactive ketones (excluding diaryl/α,β-unsaturated/α-hetero) is 1. The number of hydrogen-bond donors (Lipinski definition) is 2. The molecule has 2 amide bonds. The first-order valence-corrected chi connectivity index (χ1v) is 7.63. The zero-order valence-corrected chi connectivity index (χ0v) is 14.1. The van der Waals surface area contributed by atoms with Crippen LogP contribution < -0.4 is 11.1 Å². The summed E-state index contributed by atoms with van der Waals surface area (Å²) in [6.45, 7) is 0. The number of amides is 2. The van der Waals surface area contributed by atoms with Crippen LogP contribution in [0.5, 0.6) is 0 Å². The van der Waals surface area contributed by atoms with Crippen molar-refractivity contribution in [3.05, 3.63) is 51.8 Å². The van der Waals surface area contributed by atoms with Crippen molar-refractivity contribution in [3.8, 4) is 0 Å². The Labute approximate surface area is 147 Å². The number of nitrogens with zero attached hydrogens (tertiary/aromatic N) is 2. The van der Waals surface area contributed by atoms with E-state index in [0.717, 1.165) is 5.56 Å². The third-order valence-electron chi connectivity index (χ3n) is 3.31. The summed E-state index contributed by atoms with van der Waals surface area (Å²) in [7, 11) is 1.51. The highest BCUT2D eigenvalue weighted by Gasteiger charge is 2.28. The van der Waals surface area contributed by atoms with Crippen molar-refractivity contribution in [2.24, 2.45) is 12.8 Å². The molecule has 0 radical (unpaired) electrons. The summed E-state index contributed by atoms with van der Waals surface area (Å²) < 4.78 is 1.22. The van der Waals surface area contributed by atoms with Gasteiger partial charge in [0.15, 0.2) is 5.15 Å². The highest BCUT2D eigenvalue weighted by atomic mass is 35.5. The Balaban J connectivity index is 2.26. The van der Waals surface area contributed by atoms with E-state index in [1.54, 1.807) is 24.3 Å². The number of nitrogens with two attached hydrogens (primary N) is 1. The summed E-state index contributed by atoms with van der Waals surface area (Å²) in [6, 6.07) is 7.75. The highest BCUT2D eigenvalue weighted by molar-refractivity contribution is 6.40. The maximum Gasteiger partial charge on any atom is 0.287 e. The van der Waals surface area contributed by atoms with Crippen molar-refractivity contribution < 1.29 is 14.4 Å². The summed E-state index contributed by atoms with van der Waals surface area (Å²) in [5.41, 5.74) is 5.74. The standard InChI is InChI=1S/C15H14Cl2N4O3/c1-21-13(17)10(12(16)20-21)15(24)19-9(11(22)14(18)23)7-8-5-3-2-4-6-8/h2-6,9H,7H2,1H3,(H2,18,23)(H,19,24). The van der Waals surface area contributed by atoms with Crippen LogP contribution >= 0.6 is 23.2 Å². The summed E-state index contributed by atoms with van der Waals surface area (Å²) >= 11 is 11.9. The van der Waals surface area contributed by atoms with Gasteiger partial charge < -0.3 is 11.1 Å². The van der Waals surface area contributed by atoms with E-state index in [1.165, 1.54) is 11.7 Å². The first-order valence-electron chi connectivity index (χ1n) is 6.87. The van der Waals surface area contributed by atoms with E-state index >= 15 is 0 Å². The van der Waals surface area contributed by atoms with Crippen LogP contribution in [0.4, 0.5) is 0 Å². The fraction of sp³-hybridized carbons (Fsp3) is 0.200. The van der Waals surface area contributed by atoms with E-state index in [0.29, 0.717) is 0 Å². The number of aromatic nitrogens is 2. The third-order valence-corrected chi connectivity index (χ3v) is 4.01. The first-order chi connectivity index (χ1) is 11.3. The zero-order chi connectivity index (χ0) is 17.9. The van der Waals surface area contributed by atoms with E-state index in [9.17, 15) is 14.4 Å². The summed E-state index contributed by atoms with van der Waals surface area (Å²) in [4.78, 5) is 35.6. The number of hydrogen-bond acceptors (Lipinski definition) is 4. The molecule has 0 aliphatic rings. The smallest absolute Gasteiger partial charge is 0.287 e. The molecule has 3 N–H and O–H groups in total. The number of halogens is 2. The second-order valence-corrected chi connectivity index (χ2v) is 5.74. The van der Waals surface area contributed by atoms with Crippen molar-refractivity contribution in [2.45, 2.75) is 12.5 Å². The number of rotatable bonds is 6. The summed E-state index contributed by atoms with van der Waals surface area (Å²) in [5.74, 6) is -2.77. The maximum absolute atomic E-state index is 12.4. The monoisotopic (exact) mass is 368 g/mol. The largest absolute Gasteiger partial charge is 0.363 e. The van der Waals surface area contributed by atoms with Crippen LogP contribution in [-0.2, 0) is 23.1 Å². The molecule has 1 aromatic heterocycles. The van der Waals surface area contributed by atoms with Crippen molar-refractivity contribution >= 4 is 40.8 Å². The van der Waals surface area contributed by atoms with Crippen LogP contribution in [0.2, 0.25) is 10.3 Å². The van der Waals surface area contributed by atoms with Crippen molar-refractivity contribution in [1.29, 1.82) is 0 Å². The Hall–Kier alpha value is -2.38. The molecule has 1 aromatic carbocycles. The van der Waals surface area contributed by atoms with Gasteiger partial charge in [0.25, 0.3) is 11.8 Å². The number of carbonyl (C=O) groups excluding carboxylic acids is 3. The average Bonchev–Trinajstić information content (AvgIpc) is 2.79. The van der Waals surface area contributed by atoms with Crippen molar-refractivity contribution in [2.75, 3.05) is 0 Å². The van der Waals surface area contributed by atoms with Gasteiger partial charge in [-0.3, -0.25) is 19.1 Å². The summed E-state index contributed by atoms with van der Waals surface area (Å²) in [6.07, 6.45) is 0.101. The van der Waals surface area contributed by atoms with E-state index in [1.807, 2.05) is 6.07 Å². The molecule has 0 aliphatic carbocycles. The number of carbonyl (C=O) groups is 3. The minimum Gasteiger partial charge on any atom is -0.363 e. The van der Waals surface area contributed by atoms with Gasteiger partial charge in [-0.15, -0.1) is 0 Å². The minimum absolute atomic E-state index is 0.0162. The molecule has 0 saturated heterocycles. The van der Waals surface area contributed by atoms with Gasteiger partial charge in [0.2, 0.25) is 5.78 Å².